The quantitative estimate of drug-likeness (QED) is 0.180. The van der Waals surface area contributed by atoms with E-state index in [-0.39, 0.29) is 6.54 Å². The van der Waals surface area contributed by atoms with Crippen LogP contribution in [0.15, 0.2) is 0 Å². The van der Waals surface area contributed by atoms with Gasteiger partial charge in [0.2, 0.25) is 5.91 Å². The molecule has 1 aliphatic heterocycles. The van der Waals surface area contributed by atoms with Gasteiger partial charge in [-0.3, -0.25) is 9.59 Å². The van der Waals surface area contributed by atoms with Crippen molar-refractivity contribution in [2.24, 2.45) is 0 Å². The molecule has 14 heteroatoms. The summed E-state index contributed by atoms with van der Waals surface area (Å²) in [4.78, 5) is 47.0. The molecule has 1 aliphatic rings. The number of hydrogen-bond donors (Lipinski definition) is 4. The van der Waals surface area contributed by atoms with E-state index in [1.54, 1.807) is 0 Å². The van der Waals surface area contributed by atoms with Crippen LogP contribution in [0.3, 0.4) is 0 Å². The van der Waals surface area contributed by atoms with Crippen molar-refractivity contribution in [2.75, 3.05) is 20.3 Å². The molecule has 0 aromatic rings. The van der Waals surface area contributed by atoms with Gasteiger partial charge in [-0.2, -0.15) is 4.39 Å². The Morgan fingerprint density at radius 3 is 2.38 bits per heavy atom. The van der Waals surface area contributed by atoms with E-state index in [1.165, 1.54) is 0 Å². The van der Waals surface area contributed by atoms with Crippen LogP contribution in [-0.2, 0) is 33.3 Å². The topological polar surface area (TPSA) is 170 Å². The zero-order valence-corrected chi connectivity index (χ0v) is 17.4. The van der Waals surface area contributed by atoms with Crippen LogP contribution in [0.4, 0.5) is 13.6 Å². The first-order valence-electron chi connectivity index (χ1n) is 9.13. The molecule has 0 radical (unpaired) electrons. The maximum atomic E-state index is 15.2. The van der Waals surface area contributed by atoms with Crippen molar-refractivity contribution in [1.82, 2.24) is 10.6 Å². The lowest BCUT2D eigenvalue weighted by Gasteiger charge is -2.46. The minimum Gasteiger partial charge on any atom is -0.465 e. The van der Waals surface area contributed by atoms with E-state index in [4.69, 9.17) is 20.6 Å². The molecule has 0 saturated carbocycles. The number of ether oxygens (including phenoxy) is 4. The molecule has 1 heterocycles. The maximum Gasteiger partial charge on any atom is 0.408 e. The largest absolute Gasteiger partial charge is 0.465 e. The molecule has 0 aromatic heterocycles. The molecule has 0 aliphatic carbocycles. The Balaban J connectivity index is 3.52. The molecule has 7 atom stereocenters. The molecular formula is C18H24F2N2O10. The van der Waals surface area contributed by atoms with E-state index in [0.717, 1.165) is 21.0 Å². The van der Waals surface area contributed by atoms with Crippen LogP contribution in [0, 0.1) is 12.3 Å². The van der Waals surface area contributed by atoms with Crippen molar-refractivity contribution in [1.29, 1.82) is 0 Å². The Hall–Kier alpha value is -3.02. The highest BCUT2D eigenvalue weighted by molar-refractivity contribution is 5.79. The van der Waals surface area contributed by atoms with Gasteiger partial charge < -0.3 is 39.8 Å². The highest BCUT2D eigenvalue weighted by atomic mass is 19.2. The lowest BCUT2D eigenvalue weighted by atomic mass is 9.87. The van der Waals surface area contributed by atoms with Crippen molar-refractivity contribution < 1.29 is 57.1 Å². The second kappa shape index (κ2) is 11.6. The summed E-state index contributed by atoms with van der Waals surface area (Å²) in [5, 5.41) is 24.2. The van der Waals surface area contributed by atoms with E-state index in [2.05, 4.69) is 21.3 Å². The fourth-order valence-corrected chi connectivity index (χ4v) is 2.97. The van der Waals surface area contributed by atoms with Crippen molar-refractivity contribution >= 4 is 23.9 Å². The average molecular weight is 466 g/mol. The third-order valence-corrected chi connectivity index (χ3v) is 4.28. The molecule has 180 valence electrons. The first-order valence-corrected chi connectivity index (χ1v) is 9.13. The normalized spacial score (nSPS) is 28.9. The van der Waals surface area contributed by atoms with Crippen molar-refractivity contribution in [3.05, 3.63) is 0 Å². The fraction of sp³-hybridized carbons (Fsp3) is 0.667. The van der Waals surface area contributed by atoms with Crippen molar-refractivity contribution in [3.63, 3.8) is 0 Å². The fourth-order valence-electron chi connectivity index (χ4n) is 2.97. The number of alkyl carbamates (subject to hydrolysis) is 1. The predicted molar refractivity (Wildman–Crippen MR) is 99.0 cm³/mol. The molecule has 12 nitrogen and oxygen atoms in total. The summed E-state index contributed by atoms with van der Waals surface area (Å²) >= 11 is 0. The summed E-state index contributed by atoms with van der Waals surface area (Å²) in [6, 6.07) is -1.83. The highest BCUT2D eigenvalue weighted by Gasteiger charge is 2.64. The van der Waals surface area contributed by atoms with Gasteiger partial charge >= 0.3 is 23.9 Å². The van der Waals surface area contributed by atoms with Crippen LogP contribution in [0.5, 0.6) is 0 Å². The Morgan fingerprint density at radius 2 is 1.91 bits per heavy atom. The van der Waals surface area contributed by atoms with Gasteiger partial charge in [0.1, 0.15) is 12.2 Å². The van der Waals surface area contributed by atoms with Crippen molar-refractivity contribution in [2.45, 2.75) is 56.3 Å². The Labute approximate surface area is 181 Å². The van der Waals surface area contributed by atoms with Crippen LogP contribution >= 0.6 is 0 Å². The smallest absolute Gasteiger partial charge is 0.408 e. The number of nitrogens with one attached hydrogen (secondary N) is 2. The summed E-state index contributed by atoms with van der Waals surface area (Å²) in [6.07, 6.45) is -7.48. The van der Waals surface area contributed by atoms with Crippen LogP contribution < -0.4 is 10.6 Å². The van der Waals surface area contributed by atoms with E-state index >= 15 is 4.39 Å². The average Bonchev–Trinajstić information content (AvgIpc) is 2.73. The maximum absolute atomic E-state index is 15.2. The van der Waals surface area contributed by atoms with Crippen LogP contribution in [0.25, 0.3) is 0 Å². The van der Waals surface area contributed by atoms with E-state index in [1.807, 2.05) is 0 Å². The number of carbonyl (C=O) groups is 4. The molecular weight excluding hydrogens is 442 g/mol. The second-order valence-electron chi connectivity index (χ2n) is 6.60. The molecule has 1 rings (SSSR count). The monoisotopic (exact) mass is 466 g/mol. The second-order valence-corrected chi connectivity index (χ2v) is 6.60. The Bertz CT molecular complexity index is 761. The predicted octanol–water partition coefficient (Wildman–Crippen LogP) is -1.92. The standard InChI is InChI=1S/C18H24F2N2O10/c1-5-6-21-17(28)31-13(10(7-23)30-9(3)25)14-11(22-8(2)24)12(26)15(19)18(20,32-14)16(27)29-4/h1,10-15,23,26H,6-7H2,2-4H3,(H,21,28)(H,22,24)/t10-,11?,12?,13-,14?,15?,18?/m1/s1. The number of rotatable bonds is 8. The number of amides is 2. The minimum atomic E-state index is -3.90. The van der Waals surface area contributed by atoms with Gasteiger partial charge in [0.05, 0.1) is 26.3 Å². The minimum absolute atomic E-state index is 0.325. The molecule has 1 fully saturated rings. The zero-order valence-electron chi connectivity index (χ0n) is 17.4. The summed E-state index contributed by atoms with van der Waals surface area (Å²) < 4.78 is 48.8. The number of aliphatic hydroxyl groups is 2. The molecule has 32 heavy (non-hydrogen) atoms. The van der Waals surface area contributed by atoms with E-state index in [0.29, 0.717) is 0 Å². The molecule has 4 N–H and O–H groups in total. The SMILES string of the molecule is C#CCNC(=O)O[C@@H](C1OC(F)(C(=O)OC)C(F)C(O)C1NC(C)=O)[C@@H](CO)OC(C)=O. The molecule has 2 amide bonds. The van der Waals surface area contributed by atoms with Gasteiger partial charge in [-0.1, -0.05) is 5.92 Å². The summed E-state index contributed by atoms with van der Waals surface area (Å²) in [7, 11) is 0.720. The number of carbonyl (C=O) groups excluding carboxylic acids is 4. The van der Waals surface area contributed by atoms with Crippen LogP contribution in [-0.4, -0.2) is 96.9 Å². The Kier molecular flexibility index (Phi) is 9.76. The zero-order chi connectivity index (χ0) is 24.6. The van der Waals surface area contributed by atoms with Gasteiger partial charge in [0, 0.05) is 13.8 Å². The Morgan fingerprint density at radius 1 is 1.28 bits per heavy atom. The first kappa shape index (κ1) is 27.0. The number of esters is 2. The number of terminal acetylenes is 1. The molecule has 0 spiro atoms. The highest BCUT2D eigenvalue weighted by Crippen LogP contribution is 2.37. The summed E-state index contributed by atoms with van der Waals surface area (Å²) in [5.74, 6) is -5.53. The number of alkyl halides is 2. The van der Waals surface area contributed by atoms with Gasteiger partial charge in [-0.05, 0) is 0 Å². The molecule has 0 aromatic carbocycles. The number of aliphatic hydroxyl groups excluding tert-OH is 2. The molecule has 0 bridgehead atoms. The lowest BCUT2D eigenvalue weighted by Crippen LogP contribution is -2.72. The third-order valence-electron chi connectivity index (χ3n) is 4.28. The van der Waals surface area contributed by atoms with E-state index in [9.17, 15) is 33.8 Å². The molecule has 5 unspecified atom stereocenters. The van der Waals surface area contributed by atoms with Crippen molar-refractivity contribution in [3.8, 4) is 12.3 Å². The van der Waals surface area contributed by atoms with Crippen LogP contribution in [0.1, 0.15) is 13.8 Å². The molecule has 1 saturated heterocycles. The summed E-state index contributed by atoms with van der Waals surface area (Å²) in [6.45, 7) is 0.561. The lowest BCUT2D eigenvalue weighted by molar-refractivity contribution is -0.294. The third kappa shape index (κ3) is 6.25. The number of methoxy groups -OCH3 is 1. The van der Waals surface area contributed by atoms with E-state index < -0.39 is 73.0 Å². The van der Waals surface area contributed by atoms with Crippen LogP contribution in [0.2, 0.25) is 0 Å². The van der Waals surface area contributed by atoms with Gasteiger partial charge in [-0.15, -0.1) is 6.42 Å². The van der Waals surface area contributed by atoms with Gasteiger partial charge in [0.25, 0.3) is 0 Å². The first-order chi connectivity index (χ1) is 14.9. The van der Waals surface area contributed by atoms with Gasteiger partial charge in [0.15, 0.2) is 18.4 Å². The number of hydrogen-bond acceptors (Lipinski definition) is 10. The number of halogens is 2. The van der Waals surface area contributed by atoms with Gasteiger partial charge in [-0.25, -0.2) is 14.0 Å². The summed E-state index contributed by atoms with van der Waals surface area (Å²) in [5.41, 5.74) is 0.